The molecule has 2 rings (SSSR count). The molecular formula is C13H20N4. The summed E-state index contributed by atoms with van der Waals surface area (Å²) in [5.41, 5.74) is 6.26. The largest absolute Gasteiger partial charge is 0.384 e. The van der Waals surface area contributed by atoms with Crippen LogP contribution in [0.2, 0.25) is 0 Å². The van der Waals surface area contributed by atoms with Crippen molar-refractivity contribution >= 4 is 11.7 Å². The number of amidine groups is 1. The zero-order chi connectivity index (χ0) is 12.3. The number of hydrogen-bond donors (Lipinski definition) is 2. The lowest BCUT2D eigenvalue weighted by atomic mass is 10.0. The van der Waals surface area contributed by atoms with Crippen LogP contribution in [0.4, 0.5) is 5.82 Å². The van der Waals surface area contributed by atoms with E-state index < -0.39 is 0 Å². The number of aromatic nitrogens is 1. The van der Waals surface area contributed by atoms with E-state index in [1.807, 2.05) is 6.07 Å². The predicted octanol–water partition coefficient (Wildman–Crippen LogP) is 1.99. The Hall–Kier alpha value is -1.58. The normalized spacial score (nSPS) is 21.0. The molecule has 17 heavy (non-hydrogen) atoms. The van der Waals surface area contributed by atoms with Gasteiger partial charge in [0.2, 0.25) is 0 Å². The van der Waals surface area contributed by atoms with Crippen LogP contribution < -0.4 is 10.6 Å². The summed E-state index contributed by atoms with van der Waals surface area (Å²) in [6, 6.07) is 3.70. The van der Waals surface area contributed by atoms with Gasteiger partial charge in [-0.05, 0) is 37.3 Å². The lowest BCUT2D eigenvalue weighted by Gasteiger charge is -2.21. The number of nitrogen functional groups attached to an aromatic ring is 1. The molecule has 2 heterocycles. The van der Waals surface area contributed by atoms with Crippen LogP contribution >= 0.6 is 0 Å². The Balaban J connectivity index is 2.15. The molecule has 4 heteroatoms. The molecular weight excluding hydrogens is 212 g/mol. The second-order valence-electron chi connectivity index (χ2n) is 4.84. The summed E-state index contributed by atoms with van der Waals surface area (Å²) in [6.45, 7) is 4.41. The van der Waals surface area contributed by atoms with Crippen LogP contribution in [0.15, 0.2) is 18.3 Å². The summed E-state index contributed by atoms with van der Waals surface area (Å²) < 4.78 is 0. The smallest absolute Gasteiger partial charge is 0.129 e. The molecule has 0 spiro atoms. The van der Waals surface area contributed by atoms with Gasteiger partial charge < -0.3 is 10.6 Å². The Morgan fingerprint density at radius 1 is 1.47 bits per heavy atom. The highest BCUT2D eigenvalue weighted by Gasteiger charge is 2.15. The van der Waals surface area contributed by atoms with Gasteiger partial charge in [0.1, 0.15) is 11.7 Å². The van der Waals surface area contributed by atoms with Crippen molar-refractivity contribution in [3.8, 4) is 0 Å². The molecule has 1 aliphatic rings. The number of pyridine rings is 1. The van der Waals surface area contributed by atoms with Gasteiger partial charge in [-0.3, -0.25) is 5.41 Å². The van der Waals surface area contributed by atoms with Crippen molar-refractivity contribution in [2.75, 3.05) is 18.0 Å². The zero-order valence-corrected chi connectivity index (χ0v) is 10.3. The van der Waals surface area contributed by atoms with E-state index in [0.717, 1.165) is 30.4 Å². The van der Waals surface area contributed by atoms with Crippen molar-refractivity contribution < 1.29 is 0 Å². The van der Waals surface area contributed by atoms with E-state index in [2.05, 4.69) is 16.8 Å². The first-order valence-corrected chi connectivity index (χ1v) is 6.22. The van der Waals surface area contributed by atoms with Gasteiger partial charge in [0.05, 0.1) is 0 Å². The van der Waals surface area contributed by atoms with Crippen molar-refractivity contribution in [3.63, 3.8) is 0 Å². The van der Waals surface area contributed by atoms with Gasteiger partial charge in [0.15, 0.2) is 0 Å². The van der Waals surface area contributed by atoms with Gasteiger partial charge in [-0.15, -0.1) is 0 Å². The van der Waals surface area contributed by atoms with Crippen LogP contribution in [-0.2, 0) is 0 Å². The third-order valence-electron chi connectivity index (χ3n) is 3.40. The predicted molar refractivity (Wildman–Crippen MR) is 70.5 cm³/mol. The molecule has 0 saturated carbocycles. The molecule has 4 nitrogen and oxygen atoms in total. The van der Waals surface area contributed by atoms with Crippen LogP contribution in [0.25, 0.3) is 0 Å². The molecule has 0 radical (unpaired) electrons. The highest BCUT2D eigenvalue weighted by molar-refractivity contribution is 5.95. The average molecular weight is 232 g/mol. The zero-order valence-electron chi connectivity index (χ0n) is 10.3. The van der Waals surface area contributed by atoms with E-state index in [9.17, 15) is 0 Å². The fourth-order valence-electron chi connectivity index (χ4n) is 2.25. The minimum Gasteiger partial charge on any atom is -0.384 e. The van der Waals surface area contributed by atoms with Crippen molar-refractivity contribution in [1.29, 1.82) is 5.41 Å². The second-order valence-corrected chi connectivity index (χ2v) is 4.84. The molecule has 0 aromatic carbocycles. The summed E-state index contributed by atoms with van der Waals surface area (Å²) in [4.78, 5) is 6.69. The number of nitrogens with two attached hydrogens (primary N) is 1. The molecule has 1 fully saturated rings. The quantitative estimate of drug-likeness (QED) is 0.605. The standard InChI is InChI=1S/C13H20N4/c1-10-3-2-7-17(8-5-10)12-9-11(13(14)15)4-6-16-12/h4,6,9-10H,2-3,5,7-8H2,1H3,(H3,14,15). The maximum absolute atomic E-state index is 7.45. The molecule has 1 aliphatic heterocycles. The third kappa shape index (κ3) is 2.96. The Labute approximate surface area is 102 Å². The maximum atomic E-state index is 7.45. The minimum atomic E-state index is 0.108. The first kappa shape index (κ1) is 11.9. The van der Waals surface area contributed by atoms with Gasteiger partial charge in [-0.1, -0.05) is 6.92 Å². The average Bonchev–Trinajstić information content (AvgIpc) is 2.54. The highest BCUT2D eigenvalue weighted by Crippen LogP contribution is 2.21. The Morgan fingerprint density at radius 3 is 3.06 bits per heavy atom. The van der Waals surface area contributed by atoms with Gasteiger partial charge in [-0.25, -0.2) is 4.98 Å². The molecule has 1 saturated heterocycles. The van der Waals surface area contributed by atoms with Crippen LogP contribution in [0, 0.1) is 11.3 Å². The monoisotopic (exact) mass is 232 g/mol. The summed E-state index contributed by atoms with van der Waals surface area (Å²) in [7, 11) is 0. The van der Waals surface area contributed by atoms with E-state index >= 15 is 0 Å². The number of rotatable bonds is 2. The summed E-state index contributed by atoms with van der Waals surface area (Å²) >= 11 is 0. The molecule has 1 aromatic heterocycles. The molecule has 0 amide bonds. The number of anilines is 1. The van der Waals surface area contributed by atoms with E-state index in [-0.39, 0.29) is 5.84 Å². The molecule has 1 unspecified atom stereocenters. The SMILES string of the molecule is CC1CCCN(c2cc(C(=N)N)ccn2)CC1. The lowest BCUT2D eigenvalue weighted by Crippen LogP contribution is -2.25. The number of nitrogens with zero attached hydrogens (tertiary/aromatic N) is 2. The van der Waals surface area contributed by atoms with E-state index in [0.29, 0.717) is 0 Å². The summed E-state index contributed by atoms with van der Waals surface area (Å²) in [6.07, 6.45) is 5.46. The molecule has 3 N–H and O–H groups in total. The maximum Gasteiger partial charge on any atom is 0.129 e. The van der Waals surface area contributed by atoms with Crippen molar-refractivity contribution in [1.82, 2.24) is 4.98 Å². The van der Waals surface area contributed by atoms with Crippen molar-refractivity contribution in [3.05, 3.63) is 23.9 Å². The van der Waals surface area contributed by atoms with E-state index in [4.69, 9.17) is 11.1 Å². The Morgan fingerprint density at radius 2 is 2.29 bits per heavy atom. The van der Waals surface area contributed by atoms with Crippen LogP contribution in [0.1, 0.15) is 31.7 Å². The third-order valence-corrected chi connectivity index (χ3v) is 3.40. The second kappa shape index (κ2) is 5.17. The Kier molecular flexibility index (Phi) is 3.61. The van der Waals surface area contributed by atoms with Gasteiger partial charge in [0.25, 0.3) is 0 Å². The molecule has 0 aliphatic carbocycles. The number of nitrogens with one attached hydrogen (secondary N) is 1. The lowest BCUT2D eigenvalue weighted by molar-refractivity contribution is 0.521. The minimum absolute atomic E-state index is 0.108. The molecule has 92 valence electrons. The van der Waals surface area contributed by atoms with E-state index in [1.54, 1.807) is 12.3 Å². The molecule has 1 atom stereocenters. The Bertz CT molecular complexity index is 402. The number of hydrogen-bond acceptors (Lipinski definition) is 3. The molecule has 0 bridgehead atoms. The fourth-order valence-corrected chi connectivity index (χ4v) is 2.25. The molecule has 1 aromatic rings. The summed E-state index contributed by atoms with van der Waals surface area (Å²) in [5, 5.41) is 7.45. The fraction of sp³-hybridized carbons (Fsp3) is 0.538. The first-order valence-electron chi connectivity index (χ1n) is 6.22. The van der Waals surface area contributed by atoms with Crippen LogP contribution in [-0.4, -0.2) is 23.9 Å². The first-order chi connectivity index (χ1) is 8.16. The van der Waals surface area contributed by atoms with Crippen molar-refractivity contribution in [2.45, 2.75) is 26.2 Å². The van der Waals surface area contributed by atoms with Crippen molar-refractivity contribution in [2.24, 2.45) is 11.7 Å². The van der Waals surface area contributed by atoms with Crippen LogP contribution in [0.3, 0.4) is 0 Å². The van der Waals surface area contributed by atoms with Crippen LogP contribution in [0.5, 0.6) is 0 Å². The topological polar surface area (TPSA) is 66.0 Å². The highest BCUT2D eigenvalue weighted by atomic mass is 15.2. The van der Waals surface area contributed by atoms with Gasteiger partial charge in [0, 0.05) is 24.8 Å². The summed E-state index contributed by atoms with van der Waals surface area (Å²) in [5.74, 6) is 1.86. The van der Waals surface area contributed by atoms with Gasteiger partial charge in [-0.2, -0.15) is 0 Å². The van der Waals surface area contributed by atoms with Gasteiger partial charge >= 0.3 is 0 Å². The van der Waals surface area contributed by atoms with E-state index in [1.165, 1.54) is 19.3 Å².